The molecule has 1 aromatic heterocycles. The van der Waals surface area contributed by atoms with Gasteiger partial charge in [0.25, 0.3) is 0 Å². The van der Waals surface area contributed by atoms with Gasteiger partial charge in [-0.05, 0) is 12.1 Å². The molecule has 82 valence electrons. The van der Waals surface area contributed by atoms with Crippen LogP contribution in [0.2, 0.25) is 0 Å². The number of rotatable bonds is 2. The number of esters is 1. The number of nitrogen functional groups attached to an aromatic ring is 1. The number of carbonyl (C=O) groups is 1. The van der Waals surface area contributed by atoms with Crippen LogP contribution >= 0.6 is 0 Å². The molecule has 0 bridgehead atoms. The molecule has 3 N–H and O–H groups in total. The Morgan fingerprint density at radius 2 is 2.06 bits per heavy atom. The van der Waals surface area contributed by atoms with Crippen molar-refractivity contribution in [1.29, 1.82) is 0 Å². The molecule has 1 aromatic carbocycles. The second-order valence-corrected chi connectivity index (χ2v) is 3.11. The van der Waals surface area contributed by atoms with Crippen LogP contribution in [0.15, 0.2) is 24.3 Å². The van der Waals surface area contributed by atoms with Gasteiger partial charge in [-0.1, -0.05) is 12.1 Å². The topological polar surface area (TPSA) is 93.9 Å². The molecule has 0 unspecified atom stereocenters. The van der Waals surface area contributed by atoms with Crippen molar-refractivity contribution in [3.63, 3.8) is 0 Å². The number of benzene rings is 1. The maximum Gasteiger partial charge on any atom is 0.337 e. The number of anilines is 1. The molecule has 0 radical (unpaired) electrons. The van der Waals surface area contributed by atoms with E-state index in [1.54, 1.807) is 24.3 Å². The Bertz CT molecular complexity index is 504. The first kappa shape index (κ1) is 10.2. The number of nitrogens with one attached hydrogen (secondary N) is 1. The van der Waals surface area contributed by atoms with Gasteiger partial charge in [0.1, 0.15) is 0 Å². The lowest BCUT2D eigenvalue weighted by atomic mass is 10.1. The van der Waals surface area contributed by atoms with Gasteiger partial charge in [-0.15, -0.1) is 5.10 Å². The minimum atomic E-state index is -0.372. The normalized spacial score (nSPS) is 10.1. The van der Waals surface area contributed by atoms with E-state index in [0.717, 1.165) is 5.56 Å². The van der Waals surface area contributed by atoms with E-state index in [-0.39, 0.29) is 11.9 Å². The SMILES string of the molecule is COC(=O)c1ccc(-c2nc(N)n[nH]2)cc1. The number of methoxy groups -OCH3 is 1. The number of hydrogen-bond donors (Lipinski definition) is 2. The lowest BCUT2D eigenvalue weighted by Gasteiger charge is -1.99. The van der Waals surface area contributed by atoms with Crippen molar-refractivity contribution in [2.45, 2.75) is 0 Å². The van der Waals surface area contributed by atoms with Crippen molar-refractivity contribution in [1.82, 2.24) is 15.2 Å². The van der Waals surface area contributed by atoms with Crippen LogP contribution < -0.4 is 5.73 Å². The van der Waals surface area contributed by atoms with Crippen LogP contribution in [0.5, 0.6) is 0 Å². The predicted molar refractivity (Wildman–Crippen MR) is 57.6 cm³/mol. The number of aromatic nitrogens is 3. The minimum Gasteiger partial charge on any atom is -0.465 e. The molecule has 6 heteroatoms. The Kier molecular flexibility index (Phi) is 2.55. The number of aromatic amines is 1. The molecule has 0 spiro atoms. The summed E-state index contributed by atoms with van der Waals surface area (Å²) in [6.45, 7) is 0. The summed E-state index contributed by atoms with van der Waals surface area (Å²) in [5, 5.41) is 6.40. The van der Waals surface area contributed by atoms with Crippen molar-refractivity contribution in [3.8, 4) is 11.4 Å². The number of nitrogens with two attached hydrogens (primary N) is 1. The molecule has 1 heterocycles. The summed E-state index contributed by atoms with van der Waals surface area (Å²) in [7, 11) is 1.34. The summed E-state index contributed by atoms with van der Waals surface area (Å²) >= 11 is 0. The molecule has 0 aliphatic heterocycles. The zero-order valence-corrected chi connectivity index (χ0v) is 8.60. The molecule has 0 aliphatic rings. The van der Waals surface area contributed by atoms with E-state index < -0.39 is 0 Å². The third-order valence-corrected chi connectivity index (χ3v) is 2.08. The van der Waals surface area contributed by atoms with Crippen LogP contribution in [0.25, 0.3) is 11.4 Å². The molecule has 0 fully saturated rings. The van der Waals surface area contributed by atoms with Crippen LogP contribution in [0, 0.1) is 0 Å². The fourth-order valence-electron chi connectivity index (χ4n) is 1.29. The molecule has 0 aliphatic carbocycles. The van der Waals surface area contributed by atoms with Crippen molar-refractivity contribution < 1.29 is 9.53 Å². The number of H-pyrrole nitrogens is 1. The second kappa shape index (κ2) is 4.01. The lowest BCUT2D eigenvalue weighted by Crippen LogP contribution is -2.00. The van der Waals surface area contributed by atoms with Crippen molar-refractivity contribution in [2.24, 2.45) is 0 Å². The molecule has 16 heavy (non-hydrogen) atoms. The van der Waals surface area contributed by atoms with E-state index in [4.69, 9.17) is 5.73 Å². The molecule has 0 atom stereocenters. The fourth-order valence-corrected chi connectivity index (χ4v) is 1.29. The third kappa shape index (κ3) is 1.85. The zero-order chi connectivity index (χ0) is 11.5. The lowest BCUT2D eigenvalue weighted by molar-refractivity contribution is 0.0601. The average molecular weight is 218 g/mol. The third-order valence-electron chi connectivity index (χ3n) is 2.08. The van der Waals surface area contributed by atoms with Crippen molar-refractivity contribution >= 4 is 11.9 Å². The van der Waals surface area contributed by atoms with Gasteiger partial charge in [-0.25, -0.2) is 4.79 Å². The molecule has 0 saturated carbocycles. The maximum absolute atomic E-state index is 11.2. The molecule has 2 rings (SSSR count). The second-order valence-electron chi connectivity index (χ2n) is 3.11. The minimum absolute atomic E-state index is 0.187. The first-order chi connectivity index (χ1) is 7.70. The predicted octanol–water partition coefficient (Wildman–Crippen LogP) is 0.840. The van der Waals surface area contributed by atoms with E-state index in [9.17, 15) is 4.79 Å². The van der Waals surface area contributed by atoms with E-state index in [2.05, 4.69) is 19.9 Å². The smallest absolute Gasteiger partial charge is 0.337 e. The molecule has 6 nitrogen and oxygen atoms in total. The zero-order valence-electron chi connectivity index (χ0n) is 8.60. The van der Waals surface area contributed by atoms with Crippen LogP contribution in [-0.2, 0) is 4.74 Å². The average Bonchev–Trinajstić information content (AvgIpc) is 2.75. The number of ether oxygens (including phenoxy) is 1. The summed E-state index contributed by atoms with van der Waals surface area (Å²) in [6.07, 6.45) is 0. The van der Waals surface area contributed by atoms with Crippen LogP contribution in [0.4, 0.5) is 5.95 Å². The standard InChI is InChI=1S/C10H10N4O2/c1-16-9(15)7-4-2-6(3-5-7)8-12-10(11)14-13-8/h2-5H,1H3,(H3,11,12,13,14). The summed E-state index contributed by atoms with van der Waals surface area (Å²) in [5.41, 5.74) is 6.68. The van der Waals surface area contributed by atoms with Gasteiger partial charge in [0, 0.05) is 5.56 Å². The Labute approximate surface area is 91.5 Å². The number of nitrogens with zero attached hydrogens (tertiary/aromatic N) is 2. The highest BCUT2D eigenvalue weighted by atomic mass is 16.5. The molecular weight excluding hydrogens is 208 g/mol. The largest absolute Gasteiger partial charge is 0.465 e. The van der Waals surface area contributed by atoms with Crippen LogP contribution in [0.3, 0.4) is 0 Å². The van der Waals surface area contributed by atoms with Gasteiger partial charge in [0.2, 0.25) is 5.95 Å². The van der Waals surface area contributed by atoms with E-state index in [1.165, 1.54) is 7.11 Å². The van der Waals surface area contributed by atoms with Gasteiger partial charge >= 0.3 is 5.97 Å². The van der Waals surface area contributed by atoms with E-state index in [1.807, 2.05) is 0 Å². The highest BCUT2D eigenvalue weighted by Crippen LogP contribution is 2.16. The van der Waals surface area contributed by atoms with Crippen LogP contribution in [0.1, 0.15) is 10.4 Å². The fraction of sp³-hybridized carbons (Fsp3) is 0.100. The van der Waals surface area contributed by atoms with Gasteiger partial charge in [0.05, 0.1) is 12.7 Å². The quantitative estimate of drug-likeness (QED) is 0.728. The Morgan fingerprint density at radius 3 is 2.56 bits per heavy atom. The summed E-state index contributed by atoms with van der Waals surface area (Å²) in [4.78, 5) is 15.2. The summed E-state index contributed by atoms with van der Waals surface area (Å²) in [5.74, 6) is 0.379. The van der Waals surface area contributed by atoms with Crippen LogP contribution in [-0.4, -0.2) is 28.3 Å². The van der Waals surface area contributed by atoms with Gasteiger partial charge in [-0.2, -0.15) is 4.98 Å². The summed E-state index contributed by atoms with van der Waals surface area (Å²) < 4.78 is 4.59. The monoisotopic (exact) mass is 218 g/mol. The Morgan fingerprint density at radius 1 is 1.38 bits per heavy atom. The van der Waals surface area contributed by atoms with Crippen molar-refractivity contribution in [2.75, 3.05) is 12.8 Å². The maximum atomic E-state index is 11.2. The van der Waals surface area contributed by atoms with Crippen molar-refractivity contribution in [3.05, 3.63) is 29.8 Å². The van der Waals surface area contributed by atoms with Gasteiger partial charge in [-0.3, -0.25) is 5.10 Å². The molecule has 0 amide bonds. The molecular formula is C10H10N4O2. The van der Waals surface area contributed by atoms with E-state index in [0.29, 0.717) is 11.4 Å². The van der Waals surface area contributed by atoms with E-state index >= 15 is 0 Å². The highest BCUT2D eigenvalue weighted by Gasteiger charge is 2.07. The Hall–Kier alpha value is -2.37. The van der Waals surface area contributed by atoms with Gasteiger partial charge in [0.15, 0.2) is 5.82 Å². The highest BCUT2D eigenvalue weighted by molar-refractivity contribution is 5.89. The van der Waals surface area contributed by atoms with Gasteiger partial charge < -0.3 is 10.5 Å². The number of carbonyl (C=O) groups excluding carboxylic acids is 1. The molecule has 0 saturated heterocycles. The first-order valence-corrected chi connectivity index (χ1v) is 4.57. The Balaban J connectivity index is 2.29. The first-order valence-electron chi connectivity index (χ1n) is 4.57. The summed E-state index contributed by atoms with van der Waals surface area (Å²) in [6, 6.07) is 6.79. The number of hydrogen-bond acceptors (Lipinski definition) is 5. The molecule has 2 aromatic rings.